The van der Waals surface area contributed by atoms with Gasteiger partial charge in [0.25, 0.3) is 0 Å². The average Bonchev–Trinajstić information content (AvgIpc) is 2.83. The highest BCUT2D eigenvalue weighted by Gasteiger charge is 2.10. The van der Waals surface area contributed by atoms with Gasteiger partial charge in [-0.2, -0.15) is 0 Å². The van der Waals surface area contributed by atoms with Gasteiger partial charge in [0, 0.05) is 6.54 Å². The third-order valence-corrected chi connectivity index (χ3v) is 3.33. The first kappa shape index (κ1) is 14.3. The number of carbonyl (C=O) groups is 1. The van der Waals surface area contributed by atoms with Crippen LogP contribution in [0, 0.1) is 0 Å². The molecule has 0 bridgehead atoms. The van der Waals surface area contributed by atoms with E-state index < -0.39 is 0 Å². The minimum absolute atomic E-state index is 0.169. The van der Waals surface area contributed by atoms with Gasteiger partial charge in [-0.1, -0.05) is 38.5 Å². The summed E-state index contributed by atoms with van der Waals surface area (Å²) < 4.78 is 2.20. The van der Waals surface area contributed by atoms with Crippen LogP contribution >= 0.6 is 0 Å². The first-order valence-corrected chi connectivity index (χ1v) is 7.10. The van der Waals surface area contributed by atoms with Crippen LogP contribution in [0.25, 0.3) is 11.0 Å². The van der Waals surface area contributed by atoms with E-state index in [9.17, 15) is 4.79 Å². The van der Waals surface area contributed by atoms with E-state index in [1.165, 1.54) is 18.9 Å². The number of nitrogens with zero attached hydrogens (tertiary/aromatic N) is 2. The summed E-state index contributed by atoms with van der Waals surface area (Å²) in [5.41, 5.74) is 2.11. The molecule has 0 saturated heterocycles. The van der Waals surface area contributed by atoms with Crippen molar-refractivity contribution in [3.63, 3.8) is 0 Å². The number of nitrogens with one attached hydrogen (secondary N) is 1. The van der Waals surface area contributed by atoms with Gasteiger partial charge in [-0.15, -0.1) is 0 Å². The van der Waals surface area contributed by atoms with E-state index in [0.717, 1.165) is 29.8 Å². The fraction of sp³-hybridized carbons (Fsp3) is 0.375. The molecule has 1 N–H and O–H groups in total. The molecule has 1 aromatic heterocycles. The molecule has 1 amide bonds. The largest absolute Gasteiger partial charge is 0.345 e. The number of para-hydroxylation sites is 2. The van der Waals surface area contributed by atoms with Crippen LogP contribution in [0.4, 0.5) is 0 Å². The maximum atomic E-state index is 11.3. The number of aryl methyl sites for hydroxylation is 1. The molecular formula is C16H21N3O. The number of hydrogen-bond donors (Lipinski definition) is 1. The van der Waals surface area contributed by atoms with E-state index in [1.54, 1.807) is 0 Å². The van der Waals surface area contributed by atoms with E-state index >= 15 is 0 Å². The van der Waals surface area contributed by atoms with Crippen molar-refractivity contribution in [1.29, 1.82) is 0 Å². The minimum atomic E-state index is -0.169. The zero-order valence-corrected chi connectivity index (χ0v) is 11.9. The molecule has 0 aliphatic rings. The van der Waals surface area contributed by atoms with Crippen LogP contribution in [0.2, 0.25) is 0 Å². The summed E-state index contributed by atoms with van der Waals surface area (Å²) in [6.07, 6.45) is 4.80. The van der Waals surface area contributed by atoms with Gasteiger partial charge in [0.1, 0.15) is 5.82 Å². The molecule has 4 nitrogen and oxygen atoms in total. The number of rotatable bonds is 7. The molecule has 0 saturated carbocycles. The SMILES string of the molecule is C=CC(=O)NCc1nc2ccccc2n1CCCCC. The molecule has 0 radical (unpaired) electrons. The summed E-state index contributed by atoms with van der Waals surface area (Å²) in [6, 6.07) is 8.09. The van der Waals surface area contributed by atoms with E-state index in [0.29, 0.717) is 6.54 Å². The van der Waals surface area contributed by atoms with Crippen LogP contribution in [-0.2, 0) is 17.9 Å². The van der Waals surface area contributed by atoms with Crippen LogP contribution in [0.15, 0.2) is 36.9 Å². The van der Waals surface area contributed by atoms with E-state index in [4.69, 9.17) is 0 Å². The fourth-order valence-electron chi connectivity index (χ4n) is 2.27. The Kier molecular flexibility index (Phi) is 4.93. The molecule has 0 unspecified atom stereocenters. The van der Waals surface area contributed by atoms with Crippen molar-refractivity contribution in [2.75, 3.05) is 0 Å². The van der Waals surface area contributed by atoms with Gasteiger partial charge in [-0.25, -0.2) is 4.98 Å². The summed E-state index contributed by atoms with van der Waals surface area (Å²) in [5.74, 6) is 0.731. The molecule has 1 aromatic carbocycles. The molecule has 2 aromatic rings. The van der Waals surface area contributed by atoms with Gasteiger partial charge in [-0.3, -0.25) is 4.79 Å². The number of unbranched alkanes of at least 4 members (excludes halogenated alkanes) is 2. The normalized spacial score (nSPS) is 10.7. The van der Waals surface area contributed by atoms with Crippen molar-refractivity contribution < 1.29 is 4.79 Å². The standard InChI is InChI=1S/C16H21N3O/c1-3-5-8-11-19-14-10-7-6-9-13(14)18-15(19)12-17-16(20)4-2/h4,6-7,9-10H,2-3,5,8,11-12H2,1H3,(H,17,20). The Morgan fingerprint density at radius 3 is 2.95 bits per heavy atom. The van der Waals surface area contributed by atoms with Crippen LogP contribution in [-0.4, -0.2) is 15.5 Å². The number of hydrogen-bond acceptors (Lipinski definition) is 2. The number of imidazole rings is 1. The minimum Gasteiger partial charge on any atom is -0.345 e. The molecule has 20 heavy (non-hydrogen) atoms. The molecule has 0 spiro atoms. The number of fused-ring (bicyclic) bond motifs is 1. The Labute approximate surface area is 119 Å². The number of benzene rings is 1. The van der Waals surface area contributed by atoms with Crippen LogP contribution in [0.5, 0.6) is 0 Å². The Balaban J connectivity index is 2.23. The van der Waals surface area contributed by atoms with Crippen molar-refractivity contribution >= 4 is 16.9 Å². The Morgan fingerprint density at radius 2 is 2.20 bits per heavy atom. The second kappa shape index (κ2) is 6.89. The number of aromatic nitrogens is 2. The van der Waals surface area contributed by atoms with Crippen LogP contribution in [0.3, 0.4) is 0 Å². The quantitative estimate of drug-likeness (QED) is 0.621. The lowest BCUT2D eigenvalue weighted by Gasteiger charge is -2.09. The summed E-state index contributed by atoms with van der Waals surface area (Å²) in [7, 11) is 0. The summed E-state index contributed by atoms with van der Waals surface area (Å²) in [4.78, 5) is 15.9. The maximum absolute atomic E-state index is 11.3. The van der Waals surface area contributed by atoms with Crippen LogP contribution in [0.1, 0.15) is 32.0 Å². The monoisotopic (exact) mass is 271 g/mol. The van der Waals surface area contributed by atoms with Crippen LogP contribution < -0.4 is 5.32 Å². The molecule has 0 aliphatic heterocycles. The molecule has 1 heterocycles. The van der Waals surface area contributed by atoms with Crippen molar-refractivity contribution in [3.05, 3.63) is 42.7 Å². The molecule has 2 rings (SSSR count). The maximum Gasteiger partial charge on any atom is 0.243 e. The molecule has 0 atom stereocenters. The molecule has 0 aliphatic carbocycles. The zero-order valence-electron chi connectivity index (χ0n) is 11.9. The summed E-state index contributed by atoms with van der Waals surface area (Å²) in [6.45, 7) is 7.03. The Morgan fingerprint density at radius 1 is 1.40 bits per heavy atom. The van der Waals surface area contributed by atoms with E-state index in [2.05, 4.69) is 34.4 Å². The third kappa shape index (κ3) is 3.26. The Hall–Kier alpha value is -2.10. The van der Waals surface area contributed by atoms with Gasteiger partial charge in [0.05, 0.1) is 17.6 Å². The zero-order chi connectivity index (χ0) is 14.4. The van der Waals surface area contributed by atoms with Crippen molar-refractivity contribution in [2.24, 2.45) is 0 Å². The highest BCUT2D eigenvalue weighted by atomic mass is 16.1. The molecule has 106 valence electrons. The Bertz CT molecular complexity index is 601. The number of carbonyl (C=O) groups excluding carboxylic acids is 1. The predicted molar refractivity (Wildman–Crippen MR) is 81.3 cm³/mol. The number of amides is 1. The van der Waals surface area contributed by atoms with Crippen molar-refractivity contribution in [2.45, 2.75) is 39.3 Å². The first-order chi connectivity index (χ1) is 9.76. The molecular weight excluding hydrogens is 250 g/mol. The van der Waals surface area contributed by atoms with Gasteiger partial charge >= 0.3 is 0 Å². The van der Waals surface area contributed by atoms with Gasteiger partial charge in [0.2, 0.25) is 5.91 Å². The van der Waals surface area contributed by atoms with Gasteiger partial charge < -0.3 is 9.88 Å². The van der Waals surface area contributed by atoms with Crippen molar-refractivity contribution in [1.82, 2.24) is 14.9 Å². The molecule has 4 heteroatoms. The fourth-order valence-corrected chi connectivity index (χ4v) is 2.27. The summed E-state index contributed by atoms with van der Waals surface area (Å²) >= 11 is 0. The highest BCUT2D eigenvalue weighted by Crippen LogP contribution is 2.17. The highest BCUT2D eigenvalue weighted by molar-refractivity contribution is 5.86. The van der Waals surface area contributed by atoms with Gasteiger partial charge in [0.15, 0.2) is 0 Å². The lowest BCUT2D eigenvalue weighted by atomic mass is 10.2. The lowest BCUT2D eigenvalue weighted by molar-refractivity contribution is -0.116. The van der Waals surface area contributed by atoms with Gasteiger partial charge in [-0.05, 0) is 24.6 Å². The predicted octanol–water partition coefficient (Wildman–Crippen LogP) is 3.03. The smallest absolute Gasteiger partial charge is 0.243 e. The second-order valence-corrected chi connectivity index (χ2v) is 4.80. The van der Waals surface area contributed by atoms with E-state index in [1.807, 2.05) is 18.2 Å². The second-order valence-electron chi connectivity index (χ2n) is 4.80. The molecule has 0 fully saturated rings. The topological polar surface area (TPSA) is 46.9 Å². The summed E-state index contributed by atoms with van der Waals surface area (Å²) in [5, 5.41) is 2.80. The first-order valence-electron chi connectivity index (χ1n) is 7.10. The third-order valence-electron chi connectivity index (χ3n) is 3.33. The van der Waals surface area contributed by atoms with E-state index in [-0.39, 0.29) is 5.91 Å². The lowest BCUT2D eigenvalue weighted by Crippen LogP contribution is -2.22. The van der Waals surface area contributed by atoms with Crippen molar-refractivity contribution in [3.8, 4) is 0 Å². The average molecular weight is 271 g/mol.